The molecule has 0 atom stereocenters. The van der Waals surface area contributed by atoms with Gasteiger partial charge in [-0.1, -0.05) is 35.9 Å². The van der Waals surface area contributed by atoms with Crippen LogP contribution in [0.4, 0.5) is 0 Å². The Morgan fingerprint density at radius 3 is 2.80 bits per heavy atom. The van der Waals surface area contributed by atoms with Gasteiger partial charge in [0.15, 0.2) is 0 Å². The molecule has 0 saturated heterocycles. The van der Waals surface area contributed by atoms with Crippen molar-refractivity contribution in [1.29, 1.82) is 0 Å². The van der Waals surface area contributed by atoms with Crippen molar-refractivity contribution < 1.29 is 4.74 Å². The van der Waals surface area contributed by atoms with Gasteiger partial charge in [-0.2, -0.15) is 0 Å². The van der Waals surface area contributed by atoms with E-state index in [-0.39, 0.29) is 0 Å². The molecule has 0 amide bonds. The van der Waals surface area contributed by atoms with E-state index in [1.165, 1.54) is 0 Å². The zero-order valence-corrected chi connectivity index (χ0v) is 11.7. The molecule has 0 spiro atoms. The topological polar surface area (TPSA) is 51.0 Å². The van der Waals surface area contributed by atoms with Crippen molar-refractivity contribution in [3.05, 3.63) is 64.8 Å². The van der Waals surface area contributed by atoms with Crippen molar-refractivity contribution in [2.24, 2.45) is 5.73 Å². The number of aromatic amines is 1. The monoisotopic (exact) mass is 286 g/mol. The number of H-pyrrole nitrogens is 1. The van der Waals surface area contributed by atoms with Crippen LogP contribution in [0.15, 0.2) is 48.7 Å². The number of halogens is 1. The smallest absolute Gasteiger partial charge is 0.138 e. The summed E-state index contributed by atoms with van der Waals surface area (Å²) in [6.45, 7) is 1.02. The first-order chi connectivity index (χ1) is 9.78. The van der Waals surface area contributed by atoms with Crippen molar-refractivity contribution in [2.45, 2.75) is 13.2 Å². The van der Waals surface area contributed by atoms with E-state index in [1.54, 1.807) is 0 Å². The molecule has 3 nitrogen and oxygen atoms in total. The average molecular weight is 287 g/mol. The van der Waals surface area contributed by atoms with Crippen LogP contribution in [0, 0.1) is 0 Å². The Morgan fingerprint density at radius 1 is 1.15 bits per heavy atom. The van der Waals surface area contributed by atoms with Crippen molar-refractivity contribution in [3.63, 3.8) is 0 Å². The van der Waals surface area contributed by atoms with E-state index in [2.05, 4.69) is 17.1 Å². The molecule has 0 aliphatic rings. The summed E-state index contributed by atoms with van der Waals surface area (Å²) in [7, 11) is 0. The molecular weight excluding hydrogens is 272 g/mol. The highest BCUT2D eigenvalue weighted by atomic mass is 35.5. The van der Waals surface area contributed by atoms with Gasteiger partial charge < -0.3 is 15.5 Å². The van der Waals surface area contributed by atoms with Gasteiger partial charge in [0.1, 0.15) is 12.4 Å². The minimum Gasteiger partial charge on any atom is -0.487 e. The number of aromatic nitrogens is 1. The van der Waals surface area contributed by atoms with E-state index >= 15 is 0 Å². The minimum atomic E-state index is 0.478. The van der Waals surface area contributed by atoms with E-state index in [9.17, 15) is 0 Å². The van der Waals surface area contributed by atoms with Crippen molar-refractivity contribution in [3.8, 4) is 5.75 Å². The van der Waals surface area contributed by atoms with Gasteiger partial charge in [-0.15, -0.1) is 0 Å². The largest absolute Gasteiger partial charge is 0.487 e. The zero-order chi connectivity index (χ0) is 13.9. The van der Waals surface area contributed by atoms with Crippen LogP contribution >= 0.6 is 11.6 Å². The summed E-state index contributed by atoms with van der Waals surface area (Å²) in [5.41, 5.74) is 8.93. The maximum Gasteiger partial charge on any atom is 0.138 e. The van der Waals surface area contributed by atoms with Crippen LogP contribution in [0.3, 0.4) is 0 Å². The van der Waals surface area contributed by atoms with Gasteiger partial charge in [-0.05, 0) is 23.8 Å². The second-order valence-corrected chi connectivity index (χ2v) is 5.02. The van der Waals surface area contributed by atoms with Crippen molar-refractivity contribution in [2.75, 3.05) is 0 Å². The summed E-state index contributed by atoms with van der Waals surface area (Å²) in [4.78, 5) is 3.25. The fourth-order valence-electron chi connectivity index (χ4n) is 2.20. The van der Waals surface area contributed by atoms with Gasteiger partial charge in [0.2, 0.25) is 0 Å². The SMILES string of the molecule is NCc1ccc2c(COc3ccccc3Cl)c[nH]c2c1. The number of nitrogens with two attached hydrogens (primary N) is 1. The van der Waals surface area contributed by atoms with Gasteiger partial charge in [-0.3, -0.25) is 0 Å². The Balaban J connectivity index is 1.83. The number of ether oxygens (including phenoxy) is 1. The molecule has 2 aromatic carbocycles. The molecule has 1 aromatic heterocycles. The van der Waals surface area contributed by atoms with Crippen LogP contribution in [-0.2, 0) is 13.2 Å². The predicted molar refractivity (Wildman–Crippen MR) is 82.0 cm³/mol. The van der Waals surface area contributed by atoms with E-state index in [0.29, 0.717) is 23.9 Å². The molecule has 0 bridgehead atoms. The van der Waals surface area contributed by atoms with Crippen LogP contribution in [0.1, 0.15) is 11.1 Å². The van der Waals surface area contributed by atoms with Crippen LogP contribution in [0.5, 0.6) is 5.75 Å². The molecular formula is C16H15ClN2O. The van der Waals surface area contributed by atoms with Crippen LogP contribution in [0.2, 0.25) is 5.02 Å². The molecule has 1 heterocycles. The first kappa shape index (κ1) is 13.0. The Hall–Kier alpha value is -1.97. The molecule has 0 unspecified atom stereocenters. The van der Waals surface area contributed by atoms with Crippen LogP contribution in [0.25, 0.3) is 10.9 Å². The van der Waals surface area contributed by atoms with E-state index < -0.39 is 0 Å². The lowest BCUT2D eigenvalue weighted by Gasteiger charge is -2.07. The minimum absolute atomic E-state index is 0.478. The Bertz CT molecular complexity index is 736. The normalized spacial score (nSPS) is 10.9. The lowest BCUT2D eigenvalue weighted by Crippen LogP contribution is -1.96. The number of hydrogen-bond acceptors (Lipinski definition) is 2. The average Bonchev–Trinajstić information content (AvgIpc) is 2.88. The third kappa shape index (κ3) is 2.50. The number of para-hydroxylation sites is 1. The highest BCUT2D eigenvalue weighted by Gasteiger charge is 2.06. The fraction of sp³-hybridized carbons (Fsp3) is 0.125. The summed E-state index contributed by atoms with van der Waals surface area (Å²) in [6.07, 6.45) is 1.96. The highest BCUT2D eigenvalue weighted by molar-refractivity contribution is 6.32. The molecule has 0 aliphatic heterocycles. The lowest BCUT2D eigenvalue weighted by molar-refractivity contribution is 0.308. The zero-order valence-electron chi connectivity index (χ0n) is 10.9. The Kier molecular flexibility index (Phi) is 3.63. The summed E-state index contributed by atoms with van der Waals surface area (Å²) in [5.74, 6) is 0.696. The molecule has 20 heavy (non-hydrogen) atoms. The number of benzene rings is 2. The summed E-state index contributed by atoms with van der Waals surface area (Å²) >= 11 is 6.08. The second kappa shape index (κ2) is 5.57. The molecule has 3 rings (SSSR count). The van der Waals surface area contributed by atoms with E-state index in [4.69, 9.17) is 22.1 Å². The number of nitrogens with one attached hydrogen (secondary N) is 1. The van der Waals surface area contributed by atoms with Crippen molar-refractivity contribution >= 4 is 22.5 Å². The highest BCUT2D eigenvalue weighted by Crippen LogP contribution is 2.26. The number of fused-ring (bicyclic) bond motifs is 1. The Labute approximate surface area is 122 Å². The molecule has 4 heteroatoms. The first-order valence-electron chi connectivity index (χ1n) is 6.44. The number of rotatable bonds is 4. The molecule has 0 aliphatic carbocycles. The standard InChI is InChI=1S/C16H15ClN2O/c17-14-3-1-2-4-16(14)20-10-12-9-19-15-7-11(8-18)5-6-13(12)15/h1-7,9,19H,8,10,18H2. The van der Waals surface area contributed by atoms with E-state index in [1.807, 2.05) is 36.5 Å². The quantitative estimate of drug-likeness (QED) is 0.765. The van der Waals surface area contributed by atoms with Gasteiger partial charge in [0.25, 0.3) is 0 Å². The van der Waals surface area contributed by atoms with Gasteiger partial charge in [0.05, 0.1) is 5.02 Å². The third-order valence-electron chi connectivity index (χ3n) is 3.29. The van der Waals surface area contributed by atoms with Crippen LogP contribution in [-0.4, -0.2) is 4.98 Å². The van der Waals surface area contributed by atoms with Gasteiger partial charge >= 0.3 is 0 Å². The molecule has 0 fully saturated rings. The van der Waals surface area contributed by atoms with E-state index in [0.717, 1.165) is 22.0 Å². The van der Waals surface area contributed by atoms with Gasteiger partial charge in [-0.25, -0.2) is 0 Å². The summed E-state index contributed by atoms with van der Waals surface area (Å²) < 4.78 is 5.77. The molecule has 102 valence electrons. The molecule has 0 radical (unpaired) electrons. The number of hydrogen-bond donors (Lipinski definition) is 2. The first-order valence-corrected chi connectivity index (χ1v) is 6.82. The molecule has 3 N–H and O–H groups in total. The maximum absolute atomic E-state index is 6.08. The van der Waals surface area contributed by atoms with Gasteiger partial charge in [0, 0.05) is 29.2 Å². The lowest BCUT2D eigenvalue weighted by atomic mass is 10.1. The van der Waals surface area contributed by atoms with Crippen molar-refractivity contribution in [1.82, 2.24) is 4.98 Å². The summed E-state index contributed by atoms with van der Waals surface area (Å²) in [5, 5.41) is 1.77. The molecule has 0 saturated carbocycles. The molecule has 3 aromatic rings. The Morgan fingerprint density at radius 2 is 2.00 bits per heavy atom. The third-order valence-corrected chi connectivity index (χ3v) is 3.60. The second-order valence-electron chi connectivity index (χ2n) is 4.62. The fourth-order valence-corrected chi connectivity index (χ4v) is 2.39. The maximum atomic E-state index is 6.08. The summed E-state index contributed by atoms with van der Waals surface area (Å²) in [6, 6.07) is 13.6. The van der Waals surface area contributed by atoms with Crippen LogP contribution < -0.4 is 10.5 Å². The predicted octanol–water partition coefficient (Wildman–Crippen LogP) is 3.86.